The zero-order chi connectivity index (χ0) is 14.1. The number of hydrogen-bond donors (Lipinski definition) is 1. The van der Waals surface area contributed by atoms with Gasteiger partial charge in [-0.3, -0.25) is 4.90 Å². The zero-order valence-electron chi connectivity index (χ0n) is 11.4. The standard InChI is InChI=1S/C16H17NO2S/c1-11-13-7-9-20-15(13)6-8-17(11)10-12-4-2-3-5-14(12)16(18)19/h2-5,7,9,11H,6,8,10H2,1H3,(H,18,19). The van der Waals surface area contributed by atoms with Crippen molar-refractivity contribution in [3.63, 3.8) is 0 Å². The van der Waals surface area contributed by atoms with E-state index in [4.69, 9.17) is 0 Å². The number of carboxylic acids is 1. The van der Waals surface area contributed by atoms with Crippen molar-refractivity contribution in [2.24, 2.45) is 0 Å². The molecule has 0 aliphatic carbocycles. The molecule has 2 heterocycles. The highest BCUT2D eigenvalue weighted by molar-refractivity contribution is 7.10. The number of aromatic carboxylic acids is 1. The highest BCUT2D eigenvalue weighted by Gasteiger charge is 2.25. The van der Waals surface area contributed by atoms with Crippen LogP contribution in [-0.4, -0.2) is 22.5 Å². The first kappa shape index (κ1) is 13.3. The van der Waals surface area contributed by atoms with Gasteiger partial charge in [0.2, 0.25) is 0 Å². The molecule has 0 spiro atoms. The Labute approximate surface area is 122 Å². The summed E-state index contributed by atoms with van der Waals surface area (Å²) in [4.78, 5) is 15.1. The lowest BCUT2D eigenvalue weighted by Crippen LogP contribution is -2.33. The predicted octanol–water partition coefficient (Wildman–Crippen LogP) is 3.57. The van der Waals surface area contributed by atoms with Crippen LogP contribution in [-0.2, 0) is 13.0 Å². The van der Waals surface area contributed by atoms with Gasteiger partial charge in [-0.05, 0) is 42.0 Å². The number of nitrogens with zero attached hydrogens (tertiary/aromatic N) is 1. The molecule has 104 valence electrons. The first-order valence-electron chi connectivity index (χ1n) is 6.78. The Balaban J connectivity index is 1.85. The first-order chi connectivity index (χ1) is 9.66. The maximum Gasteiger partial charge on any atom is 0.336 e. The fourth-order valence-corrected chi connectivity index (χ4v) is 3.83. The van der Waals surface area contributed by atoms with Gasteiger partial charge in [0, 0.05) is 24.0 Å². The number of carboxylic acid groups (broad SMARTS) is 1. The molecule has 0 saturated heterocycles. The Kier molecular flexibility index (Phi) is 3.59. The van der Waals surface area contributed by atoms with E-state index in [2.05, 4.69) is 23.3 Å². The van der Waals surface area contributed by atoms with Crippen LogP contribution in [0.25, 0.3) is 0 Å². The molecule has 0 bridgehead atoms. The molecule has 0 fully saturated rings. The summed E-state index contributed by atoms with van der Waals surface area (Å²) in [7, 11) is 0. The molecule has 0 saturated carbocycles. The molecule has 1 aromatic heterocycles. The van der Waals surface area contributed by atoms with Crippen LogP contribution in [0.1, 0.15) is 39.3 Å². The van der Waals surface area contributed by atoms with Gasteiger partial charge in [-0.25, -0.2) is 4.79 Å². The van der Waals surface area contributed by atoms with Gasteiger partial charge in [-0.15, -0.1) is 11.3 Å². The van der Waals surface area contributed by atoms with Crippen LogP contribution in [0.5, 0.6) is 0 Å². The van der Waals surface area contributed by atoms with E-state index in [0.29, 0.717) is 18.2 Å². The van der Waals surface area contributed by atoms with Crippen LogP contribution < -0.4 is 0 Å². The van der Waals surface area contributed by atoms with E-state index in [1.54, 1.807) is 12.1 Å². The molecule has 1 unspecified atom stereocenters. The van der Waals surface area contributed by atoms with Gasteiger partial charge in [0.25, 0.3) is 0 Å². The van der Waals surface area contributed by atoms with Gasteiger partial charge in [0.05, 0.1) is 5.56 Å². The summed E-state index contributed by atoms with van der Waals surface area (Å²) in [5.41, 5.74) is 2.70. The summed E-state index contributed by atoms with van der Waals surface area (Å²) >= 11 is 1.82. The van der Waals surface area contributed by atoms with Crippen molar-refractivity contribution in [3.05, 3.63) is 57.3 Å². The fourth-order valence-electron chi connectivity index (χ4n) is 2.86. The van der Waals surface area contributed by atoms with Crippen molar-refractivity contribution in [2.75, 3.05) is 6.54 Å². The summed E-state index contributed by atoms with van der Waals surface area (Å²) in [5, 5.41) is 11.4. The third-order valence-electron chi connectivity index (χ3n) is 4.02. The van der Waals surface area contributed by atoms with Crippen LogP contribution >= 0.6 is 11.3 Å². The lowest BCUT2D eigenvalue weighted by molar-refractivity contribution is 0.0693. The average molecular weight is 287 g/mol. The van der Waals surface area contributed by atoms with Crippen LogP contribution in [0.3, 0.4) is 0 Å². The molecule has 1 atom stereocenters. The van der Waals surface area contributed by atoms with Crippen molar-refractivity contribution < 1.29 is 9.90 Å². The fraction of sp³-hybridized carbons (Fsp3) is 0.312. The van der Waals surface area contributed by atoms with Crippen molar-refractivity contribution in [1.82, 2.24) is 4.90 Å². The smallest absolute Gasteiger partial charge is 0.336 e. The molecule has 3 rings (SSSR count). The second kappa shape index (κ2) is 5.38. The SMILES string of the molecule is CC1c2ccsc2CCN1Cc1ccccc1C(=O)O. The van der Waals surface area contributed by atoms with E-state index in [1.807, 2.05) is 23.5 Å². The minimum Gasteiger partial charge on any atom is -0.478 e. The average Bonchev–Trinajstić information content (AvgIpc) is 2.91. The normalized spacial score (nSPS) is 18.8. The molecule has 1 aromatic carbocycles. The second-order valence-electron chi connectivity index (χ2n) is 5.16. The highest BCUT2D eigenvalue weighted by Crippen LogP contribution is 2.33. The Morgan fingerprint density at radius 3 is 3.00 bits per heavy atom. The number of benzene rings is 1. The Bertz CT molecular complexity index is 635. The van der Waals surface area contributed by atoms with Gasteiger partial charge in [-0.1, -0.05) is 18.2 Å². The number of fused-ring (bicyclic) bond motifs is 1. The first-order valence-corrected chi connectivity index (χ1v) is 7.66. The molecule has 4 heteroatoms. The largest absolute Gasteiger partial charge is 0.478 e. The van der Waals surface area contributed by atoms with E-state index < -0.39 is 5.97 Å². The predicted molar refractivity (Wildman–Crippen MR) is 80.2 cm³/mol. The van der Waals surface area contributed by atoms with Crippen LogP contribution in [0, 0.1) is 0 Å². The summed E-state index contributed by atoms with van der Waals surface area (Å²) < 4.78 is 0. The molecular formula is C16H17NO2S. The number of carbonyl (C=O) groups is 1. The van der Waals surface area contributed by atoms with E-state index >= 15 is 0 Å². The summed E-state index contributed by atoms with van der Waals surface area (Å²) in [6.45, 7) is 3.88. The van der Waals surface area contributed by atoms with Crippen molar-refractivity contribution in [3.8, 4) is 0 Å². The van der Waals surface area contributed by atoms with Crippen molar-refractivity contribution in [1.29, 1.82) is 0 Å². The quantitative estimate of drug-likeness (QED) is 0.938. The summed E-state index contributed by atoms with van der Waals surface area (Å²) in [6.07, 6.45) is 1.06. The Hall–Kier alpha value is -1.65. The van der Waals surface area contributed by atoms with Gasteiger partial charge >= 0.3 is 5.97 Å². The topological polar surface area (TPSA) is 40.5 Å². The molecule has 3 nitrogen and oxygen atoms in total. The molecule has 1 aliphatic rings. The van der Waals surface area contributed by atoms with Crippen LogP contribution in [0.4, 0.5) is 0 Å². The third kappa shape index (κ3) is 2.37. The Morgan fingerprint density at radius 2 is 2.20 bits per heavy atom. The second-order valence-corrected chi connectivity index (χ2v) is 6.16. The minimum absolute atomic E-state index is 0.354. The summed E-state index contributed by atoms with van der Waals surface area (Å²) in [6, 6.07) is 9.84. The molecule has 2 aromatic rings. The van der Waals surface area contributed by atoms with Gasteiger partial charge in [0.1, 0.15) is 0 Å². The summed E-state index contributed by atoms with van der Waals surface area (Å²) in [5.74, 6) is -0.846. The van der Waals surface area contributed by atoms with Gasteiger partial charge < -0.3 is 5.11 Å². The number of thiophene rings is 1. The van der Waals surface area contributed by atoms with Crippen LogP contribution in [0.15, 0.2) is 35.7 Å². The third-order valence-corrected chi connectivity index (χ3v) is 5.02. The highest BCUT2D eigenvalue weighted by atomic mass is 32.1. The van der Waals surface area contributed by atoms with Gasteiger partial charge in [0.15, 0.2) is 0 Å². The van der Waals surface area contributed by atoms with Crippen LogP contribution in [0.2, 0.25) is 0 Å². The molecule has 0 amide bonds. The number of hydrogen-bond acceptors (Lipinski definition) is 3. The van der Waals surface area contributed by atoms with Gasteiger partial charge in [-0.2, -0.15) is 0 Å². The number of rotatable bonds is 3. The van der Waals surface area contributed by atoms with E-state index in [9.17, 15) is 9.90 Å². The van der Waals surface area contributed by atoms with Crippen molar-refractivity contribution in [2.45, 2.75) is 25.9 Å². The molecule has 20 heavy (non-hydrogen) atoms. The lowest BCUT2D eigenvalue weighted by atomic mass is 9.99. The lowest BCUT2D eigenvalue weighted by Gasteiger charge is -2.33. The maximum absolute atomic E-state index is 11.3. The molecule has 1 aliphatic heterocycles. The Morgan fingerprint density at radius 1 is 1.40 bits per heavy atom. The maximum atomic E-state index is 11.3. The van der Waals surface area contributed by atoms with E-state index in [1.165, 1.54) is 10.4 Å². The molecule has 1 N–H and O–H groups in total. The van der Waals surface area contributed by atoms with E-state index in [-0.39, 0.29) is 0 Å². The molecule has 0 radical (unpaired) electrons. The monoisotopic (exact) mass is 287 g/mol. The molecular weight excluding hydrogens is 270 g/mol. The minimum atomic E-state index is -0.846. The van der Waals surface area contributed by atoms with E-state index in [0.717, 1.165) is 18.5 Å². The zero-order valence-corrected chi connectivity index (χ0v) is 12.2. The van der Waals surface area contributed by atoms with Crippen molar-refractivity contribution >= 4 is 17.3 Å².